The molecule has 0 aromatic heterocycles. The first-order valence-electron chi connectivity index (χ1n) is 9.59. The smallest absolute Gasteiger partial charge is 0.246 e. The predicted molar refractivity (Wildman–Crippen MR) is 105 cm³/mol. The predicted octanol–water partition coefficient (Wildman–Crippen LogP) is 2.32. The van der Waals surface area contributed by atoms with Crippen molar-refractivity contribution in [3.63, 3.8) is 0 Å². The Labute approximate surface area is 163 Å². The minimum atomic E-state index is -0.343. The Balaban J connectivity index is 1.33. The van der Waals surface area contributed by atoms with Crippen molar-refractivity contribution in [2.45, 2.75) is 43.5 Å². The second kappa shape index (κ2) is 7.19. The van der Waals surface area contributed by atoms with E-state index in [0.29, 0.717) is 38.1 Å². The van der Waals surface area contributed by atoms with Gasteiger partial charge in [0.1, 0.15) is 6.04 Å². The molecule has 4 rings (SSSR count). The number of carbonyl (C=O) groups is 3. The lowest BCUT2D eigenvalue weighted by Crippen LogP contribution is -2.53. The Morgan fingerprint density at radius 1 is 1.19 bits per heavy atom. The highest BCUT2D eigenvalue weighted by atomic mass is 32.2. The molecular formula is C20H25N3O3S. The van der Waals surface area contributed by atoms with E-state index < -0.39 is 0 Å². The van der Waals surface area contributed by atoms with Crippen LogP contribution in [0.25, 0.3) is 0 Å². The number of rotatable bonds is 3. The lowest BCUT2D eigenvalue weighted by molar-refractivity contribution is -0.145. The van der Waals surface area contributed by atoms with Crippen LogP contribution in [0.15, 0.2) is 30.3 Å². The maximum Gasteiger partial charge on any atom is 0.246 e. The van der Waals surface area contributed by atoms with Gasteiger partial charge in [-0.25, -0.2) is 0 Å². The van der Waals surface area contributed by atoms with Crippen molar-refractivity contribution in [3.8, 4) is 0 Å². The molecule has 3 amide bonds. The summed E-state index contributed by atoms with van der Waals surface area (Å²) < 4.78 is 0. The molecule has 3 saturated heterocycles. The van der Waals surface area contributed by atoms with Crippen LogP contribution < -0.4 is 5.32 Å². The third-order valence-electron chi connectivity index (χ3n) is 5.95. The van der Waals surface area contributed by atoms with Crippen LogP contribution in [0.3, 0.4) is 0 Å². The quantitative estimate of drug-likeness (QED) is 0.864. The molecule has 3 fully saturated rings. The lowest BCUT2D eigenvalue weighted by atomic mass is 9.95. The number of carbonyl (C=O) groups excluding carboxylic acids is 3. The van der Waals surface area contributed by atoms with Gasteiger partial charge in [-0.15, -0.1) is 11.8 Å². The Bertz CT molecular complexity index is 748. The summed E-state index contributed by atoms with van der Waals surface area (Å²) in [7, 11) is 0. The molecule has 27 heavy (non-hydrogen) atoms. The molecule has 0 saturated carbocycles. The Hall–Kier alpha value is -2.02. The normalized spacial score (nSPS) is 28.3. The minimum Gasteiger partial charge on any atom is -0.341 e. The monoisotopic (exact) mass is 387 g/mol. The van der Waals surface area contributed by atoms with Crippen molar-refractivity contribution in [1.29, 1.82) is 0 Å². The van der Waals surface area contributed by atoms with Gasteiger partial charge in [0, 0.05) is 36.9 Å². The highest BCUT2D eigenvalue weighted by molar-refractivity contribution is 8.01. The maximum atomic E-state index is 13.0. The van der Waals surface area contributed by atoms with Crippen molar-refractivity contribution in [2.24, 2.45) is 5.92 Å². The van der Waals surface area contributed by atoms with E-state index in [9.17, 15) is 14.4 Å². The highest BCUT2D eigenvalue weighted by Crippen LogP contribution is 2.47. The molecule has 3 heterocycles. The zero-order valence-corrected chi connectivity index (χ0v) is 16.3. The van der Waals surface area contributed by atoms with Crippen molar-refractivity contribution < 1.29 is 14.4 Å². The van der Waals surface area contributed by atoms with E-state index in [1.54, 1.807) is 11.8 Å². The van der Waals surface area contributed by atoms with Crippen LogP contribution in [0.5, 0.6) is 0 Å². The largest absolute Gasteiger partial charge is 0.341 e. The fourth-order valence-electron chi connectivity index (χ4n) is 4.34. The van der Waals surface area contributed by atoms with Gasteiger partial charge in [0.05, 0.1) is 4.87 Å². The van der Waals surface area contributed by atoms with Crippen LogP contribution in [-0.2, 0) is 14.4 Å². The number of hydrogen-bond acceptors (Lipinski definition) is 4. The molecule has 1 N–H and O–H groups in total. The summed E-state index contributed by atoms with van der Waals surface area (Å²) in [6.07, 6.45) is 2.68. The first-order chi connectivity index (χ1) is 13.0. The maximum absolute atomic E-state index is 13.0. The first kappa shape index (κ1) is 18.3. The first-order valence-corrected chi connectivity index (χ1v) is 10.6. The van der Waals surface area contributed by atoms with Crippen LogP contribution in [-0.4, -0.2) is 57.3 Å². The van der Waals surface area contributed by atoms with Gasteiger partial charge in [-0.1, -0.05) is 18.2 Å². The number of amides is 3. The van der Waals surface area contributed by atoms with E-state index in [0.717, 1.165) is 12.1 Å². The molecule has 3 aliphatic heterocycles. The molecule has 7 heteroatoms. The number of nitrogens with one attached hydrogen (secondary N) is 1. The Kier molecular flexibility index (Phi) is 4.88. The fourth-order valence-corrected chi connectivity index (χ4v) is 5.77. The third kappa shape index (κ3) is 3.45. The van der Waals surface area contributed by atoms with Crippen LogP contribution in [0.1, 0.15) is 32.6 Å². The lowest BCUT2D eigenvalue weighted by Gasteiger charge is -2.36. The van der Waals surface area contributed by atoms with Crippen molar-refractivity contribution in [2.75, 3.05) is 24.2 Å². The van der Waals surface area contributed by atoms with E-state index in [2.05, 4.69) is 12.2 Å². The summed E-state index contributed by atoms with van der Waals surface area (Å²) in [5, 5.41) is 2.95. The summed E-state index contributed by atoms with van der Waals surface area (Å²) >= 11 is 1.72. The number of thioether (sulfide) groups is 1. The second-order valence-corrected chi connectivity index (χ2v) is 9.22. The molecule has 1 aromatic carbocycles. The molecule has 144 valence electrons. The van der Waals surface area contributed by atoms with Crippen molar-refractivity contribution >= 4 is 35.2 Å². The zero-order chi connectivity index (χ0) is 19.0. The van der Waals surface area contributed by atoms with E-state index in [-0.39, 0.29) is 34.6 Å². The Morgan fingerprint density at radius 3 is 2.59 bits per heavy atom. The molecule has 3 aliphatic rings. The summed E-state index contributed by atoms with van der Waals surface area (Å²) in [6.45, 7) is 3.22. The van der Waals surface area contributed by atoms with Gasteiger partial charge >= 0.3 is 0 Å². The standard InChI is InChI=1S/C20H25N3O3S/c1-20-10-7-17(24)23(20)16(13-27-20)19(26)22-11-8-14(9-12-22)18(25)21-15-5-3-2-4-6-15/h2-6,14,16H,7-13H2,1H3,(H,21,25)/t16-,20-/m0/s1. The molecule has 2 atom stereocenters. The van der Waals surface area contributed by atoms with Crippen LogP contribution in [0.2, 0.25) is 0 Å². The average molecular weight is 388 g/mol. The van der Waals surface area contributed by atoms with Gasteiger partial charge in [-0.05, 0) is 38.3 Å². The van der Waals surface area contributed by atoms with Crippen LogP contribution >= 0.6 is 11.8 Å². The summed E-state index contributed by atoms with van der Waals surface area (Å²) in [5.74, 6) is 0.759. The minimum absolute atomic E-state index is 0.0204. The topological polar surface area (TPSA) is 69.7 Å². The number of piperidine rings is 1. The number of fused-ring (bicyclic) bond motifs is 1. The third-order valence-corrected chi connectivity index (χ3v) is 7.45. The van der Waals surface area contributed by atoms with Crippen molar-refractivity contribution in [3.05, 3.63) is 30.3 Å². The van der Waals surface area contributed by atoms with Gasteiger partial charge in [0.2, 0.25) is 17.7 Å². The van der Waals surface area contributed by atoms with Gasteiger partial charge in [-0.3, -0.25) is 14.4 Å². The van der Waals surface area contributed by atoms with E-state index in [1.807, 2.05) is 40.1 Å². The molecular weight excluding hydrogens is 362 g/mol. The fraction of sp³-hybridized carbons (Fsp3) is 0.550. The number of likely N-dealkylation sites (tertiary alicyclic amines) is 1. The summed E-state index contributed by atoms with van der Waals surface area (Å²) in [5.41, 5.74) is 0.802. The second-order valence-electron chi connectivity index (χ2n) is 7.72. The summed E-state index contributed by atoms with van der Waals surface area (Å²) in [6, 6.07) is 9.10. The molecule has 6 nitrogen and oxygen atoms in total. The summed E-state index contributed by atoms with van der Waals surface area (Å²) in [4.78, 5) is 41.2. The SMILES string of the molecule is C[C@]12CCC(=O)N1[C@H](C(=O)N1CCC(C(=O)Nc3ccccc3)CC1)CS2. The van der Waals surface area contributed by atoms with E-state index in [4.69, 9.17) is 0 Å². The molecule has 0 radical (unpaired) electrons. The molecule has 0 bridgehead atoms. The van der Waals surface area contributed by atoms with Crippen LogP contribution in [0, 0.1) is 5.92 Å². The number of benzene rings is 1. The van der Waals surface area contributed by atoms with Gasteiger partial charge in [-0.2, -0.15) is 0 Å². The molecule has 0 spiro atoms. The number of para-hydroxylation sites is 1. The van der Waals surface area contributed by atoms with Gasteiger partial charge in [0.25, 0.3) is 0 Å². The Morgan fingerprint density at radius 2 is 1.89 bits per heavy atom. The van der Waals surface area contributed by atoms with Crippen LogP contribution in [0.4, 0.5) is 5.69 Å². The average Bonchev–Trinajstić information content (AvgIpc) is 3.18. The zero-order valence-electron chi connectivity index (χ0n) is 15.5. The highest BCUT2D eigenvalue weighted by Gasteiger charge is 2.53. The van der Waals surface area contributed by atoms with Gasteiger partial charge in [0.15, 0.2) is 0 Å². The number of nitrogens with zero attached hydrogens (tertiary/aromatic N) is 2. The van der Waals surface area contributed by atoms with Crippen molar-refractivity contribution in [1.82, 2.24) is 9.80 Å². The van der Waals surface area contributed by atoms with E-state index >= 15 is 0 Å². The number of hydrogen-bond donors (Lipinski definition) is 1. The molecule has 1 aromatic rings. The van der Waals surface area contributed by atoms with E-state index in [1.165, 1.54) is 0 Å². The molecule has 0 unspecified atom stereocenters. The number of anilines is 1. The van der Waals surface area contributed by atoms with Gasteiger partial charge < -0.3 is 15.1 Å². The molecule has 0 aliphatic carbocycles.